The van der Waals surface area contributed by atoms with Crippen LogP contribution >= 0.6 is 0 Å². The van der Waals surface area contributed by atoms with Gasteiger partial charge in [0.15, 0.2) is 9.84 Å². The van der Waals surface area contributed by atoms with Crippen LogP contribution in [0, 0.1) is 0 Å². The summed E-state index contributed by atoms with van der Waals surface area (Å²) in [6, 6.07) is 6.52. The summed E-state index contributed by atoms with van der Waals surface area (Å²) >= 11 is 0. The molecule has 0 saturated heterocycles. The molecule has 5 nitrogen and oxygen atoms in total. The molecule has 6 heteroatoms. The molecule has 0 atom stereocenters. The second-order valence-corrected chi connectivity index (χ2v) is 7.19. The van der Waals surface area contributed by atoms with Crippen LogP contribution in [0.3, 0.4) is 0 Å². The zero-order valence-electron chi connectivity index (χ0n) is 11.6. The molecule has 1 saturated carbocycles. The van der Waals surface area contributed by atoms with Crippen molar-refractivity contribution >= 4 is 15.7 Å². The van der Waals surface area contributed by atoms with Gasteiger partial charge in [-0.05, 0) is 44.0 Å². The Bertz CT molecular complexity index is 594. The summed E-state index contributed by atoms with van der Waals surface area (Å²) in [6.07, 6.45) is 3.93. The number of carbonyl (C=O) groups excluding carboxylic acids is 1. The van der Waals surface area contributed by atoms with Crippen molar-refractivity contribution in [1.82, 2.24) is 4.90 Å². The van der Waals surface area contributed by atoms with Crippen LogP contribution in [0.25, 0.3) is 0 Å². The highest BCUT2D eigenvalue weighted by Crippen LogP contribution is 2.28. The molecule has 0 unspecified atom stereocenters. The molecule has 0 heterocycles. The predicted octanol–water partition coefficient (Wildman–Crippen LogP) is 1.04. The Kier molecular flexibility index (Phi) is 4.45. The first-order valence-corrected chi connectivity index (χ1v) is 8.64. The molecule has 20 heavy (non-hydrogen) atoms. The number of sulfone groups is 1. The zero-order chi connectivity index (χ0) is 14.8. The maximum atomic E-state index is 12.5. The van der Waals surface area contributed by atoms with Crippen LogP contribution in [0.2, 0.25) is 0 Å². The Balaban J connectivity index is 2.23. The molecule has 2 N–H and O–H groups in total. The summed E-state index contributed by atoms with van der Waals surface area (Å²) in [7, 11) is -3.30. The Hall–Kier alpha value is -1.40. The van der Waals surface area contributed by atoms with E-state index in [4.69, 9.17) is 5.73 Å². The van der Waals surface area contributed by atoms with E-state index in [9.17, 15) is 13.2 Å². The van der Waals surface area contributed by atoms with Crippen molar-refractivity contribution in [3.05, 3.63) is 29.8 Å². The van der Waals surface area contributed by atoms with Crippen LogP contribution < -0.4 is 5.73 Å². The molecule has 0 aliphatic heterocycles. The van der Waals surface area contributed by atoms with Crippen molar-refractivity contribution in [2.24, 2.45) is 5.73 Å². The zero-order valence-corrected chi connectivity index (χ0v) is 12.4. The van der Waals surface area contributed by atoms with Gasteiger partial charge in [-0.25, -0.2) is 8.42 Å². The van der Waals surface area contributed by atoms with Crippen molar-refractivity contribution in [2.75, 3.05) is 19.3 Å². The van der Waals surface area contributed by atoms with Gasteiger partial charge in [0.05, 0.1) is 4.90 Å². The van der Waals surface area contributed by atoms with Crippen LogP contribution in [0.1, 0.15) is 29.6 Å². The molecule has 1 fully saturated rings. The summed E-state index contributed by atoms with van der Waals surface area (Å²) in [5.74, 6) is -0.105. The molecule has 1 amide bonds. The quantitative estimate of drug-likeness (QED) is 0.850. The normalized spacial score (nSPS) is 15.1. The van der Waals surface area contributed by atoms with Crippen molar-refractivity contribution < 1.29 is 13.2 Å². The Morgan fingerprint density at radius 1 is 1.40 bits per heavy atom. The van der Waals surface area contributed by atoms with Gasteiger partial charge in [-0.3, -0.25) is 4.79 Å². The van der Waals surface area contributed by atoms with E-state index < -0.39 is 9.84 Å². The maximum absolute atomic E-state index is 12.5. The van der Waals surface area contributed by atoms with Crippen LogP contribution in [0.4, 0.5) is 0 Å². The van der Waals surface area contributed by atoms with E-state index in [0.29, 0.717) is 18.7 Å². The van der Waals surface area contributed by atoms with E-state index in [1.54, 1.807) is 12.1 Å². The molecule has 0 spiro atoms. The summed E-state index contributed by atoms with van der Waals surface area (Å²) in [4.78, 5) is 14.5. The van der Waals surface area contributed by atoms with Crippen LogP contribution in [-0.2, 0) is 9.84 Å². The number of nitrogens with two attached hydrogens (primary N) is 1. The van der Waals surface area contributed by atoms with E-state index in [2.05, 4.69) is 0 Å². The number of nitrogens with zero attached hydrogens (tertiary/aromatic N) is 1. The van der Waals surface area contributed by atoms with Gasteiger partial charge in [-0.2, -0.15) is 0 Å². The monoisotopic (exact) mass is 296 g/mol. The second kappa shape index (κ2) is 5.93. The number of carbonyl (C=O) groups is 1. The molecular weight excluding hydrogens is 276 g/mol. The molecule has 110 valence electrons. The molecule has 2 rings (SSSR count). The Labute approximate surface area is 119 Å². The van der Waals surface area contributed by atoms with Crippen LogP contribution in [0.5, 0.6) is 0 Å². The molecule has 0 radical (unpaired) electrons. The number of benzene rings is 1. The van der Waals surface area contributed by atoms with E-state index in [1.165, 1.54) is 12.1 Å². The fourth-order valence-electron chi connectivity index (χ4n) is 2.12. The predicted molar refractivity (Wildman–Crippen MR) is 77.3 cm³/mol. The van der Waals surface area contributed by atoms with Gasteiger partial charge in [-0.15, -0.1) is 0 Å². The lowest BCUT2D eigenvalue weighted by Crippen LogP contribution is -2.35. The van der Waals surface area contributed by atoms with E-state index >= 15 is 0 Å². The molecule has 1 aromatic rings. The van der Waals surface area contributed by atoms with Crippen molar-refractivity contribution in [2.45, 2.75) is 30.2 Å². The molecule has 1 aromatic carbocycles. The summed E-state index contributed by atoms with van der Waals surface area (Å²) < 4.78 is 23.1. The average Bonchev–Trinajstić information content (AvgIpc) is 3.23. The standard InChI is InChI=1S/C14H20N2O3S/c1-20(18,19)13-5-2-4-11(10-13)14(17)16(9-3-8-15)12-6-7-12/h2,4-5,10,12H,3,6-9,15H2,1H3. The lowest BCUT2D eigenvalue weighted by Gasteiger charge is -2.22. The highest BCUT2D eigenvalue weighted by molar-refractivity contribution is 7.90. The van der Waals surface area contributed by atoms with Gasteiger partial charge >= 0.3 is 0 Å². The van der Waals surface area contributed by atoms with Gasteiger partial charge in [0.2, 0.25) is 0 Å². The lowest BCUT2D eigenvalue weighted by molar-refractivity contribution is 0.0742. The summed E-state index contributed by atoms with van der Waals surface area (Å²) in [6.45, 7) is 1.17. The smallest absolute Gasteiger partial charge is 0.254 e. The molecule has 0 aromatic heterocycles. The first-order valence-electron chi connectivity index (χ1n) is 6.74. The number of hydrogen-bond acceptors (Lipinski definition) is 4. The van der Waals surface area contributed by atoms with Crippen molar-refractivity contribution in [1.29, 1.82) is 0 Å². The largest absolute Gasteiger partial charge is 0.336 e. The number of rotatable bonds is 6. The highest BCUT2D eigenvalue weighted by atomic mass is 32.2. The van der Waals surface area contributed by atoms with Crippen LogP contribution in [0.15, 0.2) is 29.2 Å². The van der Waals surface area contributed by atoms with Gasteiger partial charge in [-0.1, -0.05) is 6.07 Å². The first-order chi connectivity index (χ1) is 9.43. The van der Waals surface area contributed by atoms with Crippen molar-refractivity contribution in [3.8, 4) is 0 Å². The third kappa shape index (κ3) is 3.58. The first kappa shape index (κ1) is 15.0. The summed E-state index contributed by atoms with van der Waals surface area (Å²) in [5, 5.41) is 0. The highest BCUT2D eigenvalue weighted by Gasteiger charge is 2.32. The number of hydrogen-bond donors (Lipinski definition) is 1. The van der Waals surface area contributed by atoms with Crippen LogP contribution in [-0.4, -0.2) is 44.6 Å². The summed E-state index contributed by atoms with van der Waals surface area (Å²) in [5.41, 5.74) is 5.93. The van der Waals surface area contributed by atoms with E-state index in [0.717, 1.165) is 25.5 Å². The average molecular weight is 296 g/mol. The fraction of sp³-hybridized carbons (Fsp3) is 0.500. The SMILES string of the molecule is CS(=O)(=O)c1cccc(C(=O)N(CCCN)C2CC2)c1. The minimum absolute atomic E-state index is 0.105. The van der Waals surface area contributed by atoms with Gasteiger partial charge in [0, 0.05) is 24.4 Å². The molecule has 1 aliphatic carbocycles. The topological polar surface area (TPSA) is 80.5 Å². The Morgan fingerprint density at radius 2 is 2.10 bits per heavy atom. The van der Waals surface area contributed by atoms with E-state index in [-0.39, 0.29) is 16.8 Å². The Morgan fingerprint density at radius 3 is 2.65 bits per heavy atom. The number of amides is 1. The third-order valence-corrected chi connectivity index (χ3v) is 4.47. The van der Waals surface area contributed by atoms with Gasteiger partial charge in [0.1, 0.15) is 0 Å². The minimum Gasteiger partial charge on any atom is -0.336 e. The van der Waals surface area contributed by atoms with Crippen molar-refractivity contribution in [3.63, 3.8) is 0 Å². The maximum Gasteiger partial charge on any atom is 0.254 e. The second-order valence-electron chi connectivity index (χ2n) is 5.17. The van der Waals surface area contributed by atoms with E-state index in [1.807, 2.05) is 4.90 Å². The third-order valence-electron chi connectivity index (χ3n) is 3.36. The molecular formula is C14H20N2O3S. The molecule has 1 aliphatic rings. The molecule has 0 bridgehead atoms. The fourth-order valence-corrected chi connectivity index (χ4v) is 2.79. The van der Waals surface area contributed by atoms with Gasteiger partial charge in [0.25, 0.3) is 5.91 Å². The lowest BCUT2D eigenvalue weighted by atomic mass is 10.2. The van der Waals surface area contributed by atoms with Gasteiger partial charge < -0.3 is 10.6 Å². The minimum atomic E-state index is -3.30.